The Bertz CT molecular complexity index is 512. The SMILES string of the molecule is COc1ccc(C(C)CC(=O)N2CCC[C@@H]2C(=O)O)cc1. The van der Waals surface area contributed by atoms with Crippen LogP contribution >= 0.6 is 0 Å². The fraction of sp³-hybridized carbons (Fsp3) is 0.500. The second-order valence-corrected chi connectivity index (χ2v) is 5.46. The number of methoxy groups -OCH3 is 1. The highest BCUT2D eigenvalue weighted by Crippen LogP contribution is 2.25. The van der Waals surface area contributed by atoms with Crippen molar-refractivity contribution in [2.75, 3.05) is 13.7 Å². The molecule has 1 heterocycles. The quantitative estimate of drug-likeness (QED) is 0.903. The third-order valence-electron chi connectivity index (χ3n) is 4.02. The Balaban J connectivity index is 1.99. The van der Waals surface area contributed by atoms with Crippen LogP contribution in [0.5, 0.6) is 5.75 Å². The Labute approximate surface area is 124 Å². The summed E-state index contributed by atoms with van der Waals surface area (Å²) in [6.45, 7) is 2.52. The van der Waals surface area contributed by atoms with E-state index in [2.05, 4.69) is 0 Å². The second-order valence-electron chi connectivity index (χ2n) is 5.46. The molecule has 1 aromatic rings. The predicted molar refractivity (Wildman–Crippen MR) is 78.4 cm³/mol. The molecule has 0 aliphatic carbocycles. The van der Waals surface area contributed by atoms with Crippen molar-refractivity contribution in [2.24, 2.45) is 0 Å². The molecule has 1 aliphatic heterocycles. The highest BCUT2D eigenvalue weighted by atomic mass is 16.5. The summed E-state index contributed by atoms with van der Waals surface area (Å²) in [6, 6.07) is 6.96. The van der Waals surface area contributed by atoms with E-state index in [-0.39, 0.29) is 11.8 Å². The average Bonchev–Trinajstić information content (AvgIpc) is 2.97. The van der Waals surface area contributed by atoms with E-state index in [0.29, 0.717) is 19.4 Å². The van der Waals surface area contributed by atoms with E-state index in [4.69, 9.17) is 9.84 Å². The zero-order valence-corrected chi connectivity index (χ0v) is 12.4. The third kappa shape index (κ3) is 3.54. The summed E-state index contributed by atoms with van der Waals surface area (Å²) >= 11 is 0. The number of carbonyl (C=O) groups excluding carboxylic acids is 1. The van der Waals surface area contributed by atoms with Crippen molar-refractivity contribution >= 4 is 11.9 Å². The number of carboxylic acids is 1. The molecular weight excluding hydrogens is 270 g/mol. The number of hydrogen-bond donors (Lipinski definition) is 1. The number of amides is 1. The molecule has 2 rings (SSSR count). The maximum atomic E-state index is 12.3. The van der Waals surface area contributed by atoms with Gasteiger partial charge in [-0.2, -0.15) is 0 Å². The van der Waals surface area contributed by atoms with Crippen LogP contribution < -0.4 is 4.74 Å². The number of carboxylic acid groups (broad SMARTS) is 1. The summed E-state index contributed by atoms with van der Waals surface area (Å²) in [4.78, 5) is 24.9. The lowest BCUT2D eigenvalue weighted by Crippen LogP contribution is -2.40. The molecule has 1 saturated heterocycles. The molecule has 1 aliphatic rings. The Hall–Kier alpha value is -2.04. The van der Waals surface area contributed by atoms with Crippen molar-refractivity contribution in [3.8, 4) is 5.75 Å². The van der Waals surface area contributed by atoms with Gasteiger partial charge in [0.1, 0.15) is 11.8 Å². The summed E-state index contributed by atoms with van der Waals surface area (Å²) in [5.74, 6) is -0.151. The number of aliphatic carboxylic acids is 1. The normalized spacial score (nSPS) is 19.3. The summed E-state index contributed by atoms with van der Waals surface area (Å²) in [5, 5.41) is 9.13. The van der Waals surface area contributed by atoms with Crippen LogP contribution in [0.1, 0.15) is 37.7 Å². The van der Waals surface area contributed by atoms with Crippen molar-refractivity contribution in [1.82, 2.24) is 4.90 Å². The molecule has 1 amide bonds. The molecule has 0 saturated carbocycles. The molecule has 114 valence electrons. The first-order valence-electron chi connectivity index (χ1n) is 7.19. The molecule has 21 heavy (non-hydrogen) atoms. The van der Waals surface area contributed by atoms with E-state index in [1.807, 2.05) is 31.2 Å². The van der Waals surface area contributed by atoms with Gasteiger partial charge < -0.3 is 14.7 Å². The fourth-order valence-electron chi connectivity index (χ4n) is 2.75. The minimum atomic E-state index is -0.905. The maximum absolute atomic E-state index is 12.3. The minimum absolute atomic E-state index is 0.0541. The number of benzene rings is 1. The molecule has 1 unspecified atom stereocenters. The van der Waals surface area contributed by atoms with Gasteiger partial charge in [0.2, 0.25) is 5.91 Å². The molecule has 2 atom stereocenters. The van der Waals surface area contributed by atoms with Crippen LogP contribution in [0.4, 0.5) is 0 Å². The highest BCUT2D eigenvalue weighted by molar-refractivity contribution is 5.84. The smallest absolute Gasteiger partial charge is 0.326 e. The number of nitrogens with zero attached hydrogens (tertiary/aromatic N) is 1. The summed E-state index contributed by atoms with van der Waals surface area (Å²) in [6.07, 6.45) is 1.65. The molecule has 5 nitrogen and oxygen atoms in total. The van der Waals surface area contributed by atoms with Crippen molar-refractivity contribution in [2.45, 2.75) is 38.1 Å². The van der Waals surface area contributed by atoms with Gasteiger partial charge in [0.05, 0.1) is 7.11 Å². The van der Waals surface area contributed by atoms with Gasteiger partial charge in [-0.15, -0.1) is 0 Å². The molecule has 0 spiro atoms. The molecular formula is C16H21NO4. The van der Waals surface area contributed by atoms with Gasteiger partial charge in [0.15, 0.2) is 0 Å². The van der Waals surface area contributed by atoms with Crippen molar-refractivity contribution in [1.29, 1.82) is 0 Å². The topological polar surface area (TPSA) is 66.8 Å². The van der Waals surface area contributed by atoms with Crippen LogP contribution in [-0.2, 0) is 9.59 Å². The van der Waals surface area contributed by atoms with Crippen LogP contribution in [0.2, 0.25) is 0 Å². The van der Waals surface area contributed by atoms with E-state index >= 15 is 0 Å². The van der Waals surface area contributed by atoms with Crippen molar-refractivity contribution < 1.29 is 19.4 Å². The van der Waals surface area contributed by atoms with Gasteiger partial charge in [-0.25, -0.2) is 4.79 Å². The van der Waals surface area contributed by atoms with E-state index in [1.54, 1.807) is 7.11 Å². The first kappa shape index (κ1) is 15.4. The Morgan fingerprint density at radius 3 is 2.62 bits per heavy atom. The van der Waals surface area contributed by atoms with Crippen LogP contribution in [0.25, 0.3) is 0 Å². The lowest BCUT2D eigenvalue weighted by molar-refractivity contribution is -0.148. The molecule has 1 aromatic carbocycles. The Kier molecular flexibility index (Phi) is 4.83. The van der Waals surface area contributed by atoms with Crippen LogP contribution in [0.3, 0.4) is 0 Å². The summed E-state index contributed by atoms with van der Waals surface area (Å²) in [5.41, 5.74) is 1.05. The molecule has 1 fully saturated rings. The largest absolute Gasteiger partial charge is 0.497 e. The first-order valence-corrected chi connectivity index (χ1v) is 7.19. The van der Waals surface area contributed by atoms with E-state index in [0.717, 1.165) is 17.7 Å². The average molecular weight is 291 g/mol. The molecule has 0 bridgehead atoms. The number of carbonyl (C=O) groups is 2. The van der Waals surface area contributed by atoms with Gasteiger partial charge >= 0.3 is 5.97 Å². The second kappa shape index (κ2) is 6.61. The fourth-order valence-corrected chi connectivity index (χ4v) is 2.75. The van der Waals surface area contributed by atoms with E-state index < -0.39 is 12.0 Å². The maximum Gasteiger partial charge on any atom is 0.326 e. The number of ether oxygens (including phenoxy) is 1. The lowest BCUT2D eigenvalue weighted by atomic mass is 9.97. The lowest BCUT2D eigenvalue weighted by Gasteiger charge is -2.23. The number of hydrogen-bond acceptors (Lipinski definition) is 3. The zero-order valence-electron chi connectivity index (χ0n) is 12.4. The molecule has 5 heteroatoms. The van der Waals surface area contributed by atoms with Crippen LogP contribution in [0, 0.1) is 0 Å². The molecule has 0 aromatic heterocycles. The van der Waals surface area contributed by atoms with Gasteiger partial charge in [-0.1, -0.05) is 19.1 Å². The van der Waals surface area contributed by atoms with Gasteiger partial charge in [-0.05, 0) is 36.5 Å². The van der Waals surface area contributed by atoms with Crippen molar-refractivity contribution in [3.05, 3.63) is 29.8 Å². The molecule has 1 N–H and O–H groups in total. The Morgan fingerprint density at radius 2 is 2.05 bits per heavy atom. The van der Waals surface area contributed by atoms with E-state index in [1.165, 1.54) is 4.90 Å². The van der Waals surface area contributed by atoms with Gasteiger partial charge in [0.25, 0.3) is 0 Å². The monoisotopic (exact) mass is 291 g/mol. The van der Waals surface area contributed by atoms with Crippen molar-refractivity contribution in [3.63, 3.8) is 0 Å². The van der Waals surface area contributed by atoms with Crippen LogP contribution in [0.15, 0.2) is 24.3 Å². The number of likely N-dealkylation sites (tertiary alicyclic amines) is 1. The van der Waals surface area contributed by atoms with Crippen LogP contribution in [-0.4, -0.2) is 41.6 Å². The van der Waals surface area contributed by atoms with E-state index in [9.17, 15) is 9.59 Å². The summed E-state index contributed by atoms with van der Waals surface area (Å²) in [7, 11) is 1.61. The first-order chi connectivity index (χ1) is 10.0. The highest BCUT2D eigenvalue weighted by Gasteiger charge is 2.34. The predicted octanol–water partition coefficient (Wildman–Crippen LogP) is 2.26. The van der Waals surface area contributed by atoms with Gasteiger partial charge in [0, 0.05) is 13.0 Å². The van der Waals surface area contributed by atoms with Gasteiger partial charge in [-0.3, -0.25) is 4.79 Å². The standard InChI is InChI=1S/C16H21NO4/c1-11(12-5-7-13(21-2)8-6-12)10-15(18)17-9-3-4-14(17)16(19)20/h5-8,11,14H,3-4,9-10H2,1-2H3,(H,19,20)/t11?,14-/m1/s1. The minimum Gasteiger partial charge on any atom is -0.497 e. The third-order valence-corrected chi connectivity index (χ3v) is 4.02. The summed E-state index contributed by atoms with van der Waals surface area (Å²) < 4.78 is 5.11. The molecule has 0 radical (unpaired) electrons. The number of rotatable bonds is 5. The zero-order chi connectivity index (χ0) is 15.4. The Morgan fingerprint density at radius 1 is 1.38 bits per heavy atom.